The first kappa shape index (κ1) is 19.8. The molecule has 31 heavy (non-hydrogen) atoms. The highest BCUT2D eigenvalue weighted by molar-refractivity contribution is 7.17. The maximum Gasteiger partial charge on any atom is 0.191 e. The van der Waals surface area contributed by atoms with Crippen molar-refractivity contribution < 1.29 is 0 Å². The van der Waals surface area contributed by atoms with Crippen LogP contribution in [0.1, 0.15) is 11.6 Å². The van der Waals surface area contributed by atoms with Crippen LogP contribution in [-0.4, -0.2) is 44.1 Å². The Morgan fingerprint density at radius 3 is 2.65 bits per heavy atom. The van der Waals surface area contributed by atoms with Gasteiger partial charge in [-0.25, -0.2) is 15.0 Å². The van der Waals surface area contributed by atoms with E-state index in [1.165, 1.54) is 0 Å². The fourth-order valence-electron chi connectivity index (χ4n) is 3.36. The molecular formula is C22H21N7S2. The Morgan fingerprint density at radius 2 is 1.87 bits per heavy atom. The zero-order valence-corrected chi connectivity index (χ0v) is 18.8. The Hall–Kier alpha value is -3.14. The van der Waals surface area contributed by atoms with E-state index >= 15 is 0 Å². The minimum atomic E-state index is 0.496. The molecule has 0 saturated carbocycles. The van der Waals surface area contributed by atoms with Crippen molar-refractivity contribution >= 4 is 38.7 Å². The zero-order valence-electron chi connectivity index (χ0n) is 17.2. The number of hydrogen-bond acceptors (Lipinski definition) is 8. The molecule has 0 saturated heterocycles. The minimum Gasteiger partial charge on any atom is -0.362 e. The molecule has 0 radical (unpaired) electrons. The number of nitrogens with one attached hydrogen (secondary N) is 2. The molecule has 0 aliphatic carbocycles. The van der Waals surface area contributed by atoms with Crippen LogP contribution < -0.4 is 5.32 Å². The van der Waals surface area contributed by atoms with Crippen molar-refractivity contribution in [3.63, 3.8) is 0 Å². The van der Waals surface area contributed by atoms with Gasteiger partial charge in [0.15, 0.2) is 5.82 Å². The second-order valence-electron chi connectivity index (χ2n) is 7.36. The van der Waals surface area contributed by atoms with Crippen molar-refractivity contribution in [2.75, 3.05) is 19.4 Å². The van der Waals surface area contributed by atoms with Gasteiger partial charge in [0.2, 0.25) is 0 Å². The summed E-state index contributed by atoms with van der Waals surface area (Å²) in [6.45, 7) is 1.17. The average Bonchev–Trinajstić information content (AvgIpc) is 3.52. The van der Waals surface area contributed by atoms with E-state index in [1.54, 1.807) is 22.7 Å². The fraction of sp³-hybridized carbons (Fsp3) is 0.182. The molecule has 0 aliphatic heterocycles. The average molecular weight is 448 g/mol. The van der Waals surface area contributed by atoms with E-state index in [4.69, 9.17) is 9.97 Å². The van der Waals surface area contributed by atoms with Gasteiger partial charge in [0.1, 0.15) is 22.3 Å². The number of nitrogens with zero attached hydrogens (tertiary/aromatic N) is 5. The van der Waals surface area contributed by atoms with E-state index in [9.17, 15) is 0 Å². The Kier molecular flexibility index (Phi) is 5.46. The van der Waals surface area contributed by atoms with Crippen LogP contribution in [0.4, 0.5) is 5.82 Å². The first-order valence-corrected chi connectivity index (χ1v) is 11.6. The summed E-state index contributed by atoms with van der Waals surface area (Å²) in [6.07, 6.45) is 0. The highest BCUT2D eigenvalue weighted by Gasteiger charge is 2.16. The Bertz CT molecular complexity index is 1290. The normalized spacial score (nSPS) is 11.5. The van der Waals surface area contributed by atoms with Gasteiger partial charge in [-0.2, -0.15) is 5.10 Å². The molecular weight excluding hydrogens is 426 g/mol. The number of hydrogen-bond donors (Lipinski definition) is 2. The number of H-pyrrole nitrogens is 1. The summed E-state index contributed by atoms with van der Waals surface area (Å²) in [5.41, 5.74) is 2.29. The third-order valence-corrected chi connectivity index (χ3v) is 6.46. The standard InChI is InChI=1S/C22H21N7S2/c1-29(2)12-18-25-21(23-11-17-24-20(28-27-17)16-9-6-10-30-16)19-15(13-31-22(19)26-18)14-7-4-3-5-8-14/h3-10,13H,11-12H2,1-2H3,(H,23,25,26)(H,24,27,28). The second-order valence-corrected chi connectivity index (χ2v) is 9.16. The summed E-state index contributed by atoms with van der Waals surface area (Å²) in [5, 5.41) is 16.1. The number of benzene rings is 1. The predicted octanol–water partition coefficient (Wildman–Crippen LogP) is 4.88. The fourth-order valence-corrected chi connectivity index (χ4v) is 4.98. The molecule has 0 spiro atoms. The third-order valence-electron chi connectivity index (χ3n) is 4.72. The van der Waals surface area contributed by atoms with E-state index in [1.807, 2.05) is 49.8 Å². The van der Waals surface area contributed by atoms with Crippen molar-refractivity contribution in [3.8, 4) is 21.8 Å². The van der Waals surface area contributed by atoms with Gasteiger partial charge >= 0.3 is 0 Å². The Labute approximate surface area is 187 Å². The summed E-state index contributed by atoms with van der Waals surface area (Å²) in [7, 11) is 4.04. The molecule has 0 aliphatic rings. The molecule has 4 aromatic heterocycles. The quantitative estimate of drug-likeness (QED) is 0.370. The molecule has 4 heterocycles. The number of rotatable bonds is 7. The van der Waals surface area contributed by atoms with Gasteiger partial charge in [0, 0.05) is 10.9 Å². The van der Waals surface area contributed by atoms with Crippen LogP contribution in [0.3, 0.4) is 0 Å². The lowest BCUT2D eigenvalue weighted by Gasteiger charge is -2.12. The van der Waals surface area contributed by atoms with Gasteiger partial charge < -0.3 is 10.2 Å². The van der Waals surface area contributed by atoms with E-state index < -0.39 is 0 Å². The molecule has 156 valence electrons. The van der Waals surface area contributed by atoms with Crippen molar-refractivity contribution in [2.24, 2.45) is 0 Å². The molecule has 0 amide bonds. The van der Waals surface area contributed by atoms with E-state index in [-0.39, 0.29) is 0 Å². The summed E-state index contributed by atoms with van der Waals surface area (Å²) < 4.78 is 0. The number of fused-ring (bicyclic) bond motifs is 1. The molecule has 7 nitrogen and oxygen atoms in total. The van der Waals surface area contributed by atoms with Crippen LogP contribution in [0.15, 0.2) is 53.2 Å². The van der Waals surface area contributed by atoms with Crippen LogP contribution in [0.2, 0.25) is 0 Å². The number of aromatic nitrogens is 5. The van der Waals surface area contributed by atoms with Crippen molar-refractivity contribution in [1.82, 2.24) is 30.0 Å². The maximum absolute atomic E-state index is 4.85. The molecule has 1 aromatic carbocycles. The lowest BCUT2D eigenvalue weighted by molar-refractivity contribution is 0.391. The number of thiophene rings is 2. The molecule has 0 fully saturated rings. The maximum atomic E-state index is 4.85. The largest absolute Gasteiger partial charge is 0.362 e. The first-order chi connectivity index (χ1) is 15.2. The van der Waals surface area contributed by atoms with Crippen LogP contribution >= 0.6 is 22.7 Å². The highest BCUT2D eigenvalue weighted by atomic mass is 32.1. The van der Waals surface area contributed by atoms with Crippen LogP contribution in [-0.2, 0) is 13.1 Å². The predicted molar refractivity (Wildman–Crippen MR) is 127 cm³/mol. The highest BCUT2D eigenvalue weighted by Crippen LogP contribution is 2.37. The number of anilines is 1. The van der Waals surface area contributed by atoms with Gasteiger partial charge in [0.25, 0.3) is 0 Å². The van der Waals surface area contributed by atoms with E-state index in [0.717, 1.165) is 43.7 Å². The molecule has 0 bridgehead atoms. The molecule has 5 aromatic rings. The summed E-state index contributed by atoms with van der Waals surface area (Å²) in [4.78, 5) is 18.4. The Balaban J connectivity index is 1.50. The topological polar surface area (TPSA) is 82.6 Å². The van der Waals surface area contributed by atoms with Gasteiger partial charge in [-0.05, 0) is 31.1 Å². The third kappa shape index (κ3) is 4.20. The summed E-state index contributed by atoms with van der Waals surface area (Å²) in [6, 6.07) is 14.4. The summed E-state index contributed by atoms with van der Waals surface area (Å²) >= 11 is 3.27. The SMILES string of the molecule is CN(C)Cc1nc(NCc2nc(-c3cccs3)n[nH]2)c2c(-c3ccccc3)csc2n1. The van der Waals surface area contributed by atoms with Crippen LogP contribution in [0, 0.1) is 0 Å². The van der Waals surface area contributed by atoms with Crippen LogP contribution in [0.5, 0.6) is 0 Å². The molecule has 0 unspecified atom stereocenters. The molecule has 2 N–H and O–H groups in total. The van der Waals surface area contributed by atoms with Crippen molar-refractivity contribution in [3.05, 3.63) is 64.9 Å². The minimum absolute atomic E-state index is 0.496. The lowest BCUT2D eigenvalue weighted by atomic mass is 10.1. The van der Waals surface area contributed by atoms with Crippen molar-refractivity contribution in [2.45, 2.75) is 13.1 Å². The second kappa shape index (κ2) is 8.54. The van der Waals surface area contributed by atoms with Gasteiger partial charge in [-0.15, -0.1) is 22.7 Å². The first-order valence-electron chi connectivity index (χ1n) is 9.84. The van der Waals surface area contributed by atoms with E-state index in [2.05, 4.69) is 42.9 Å². The van der Waals surface area contributed by atoms with Gasteiger partial charge in [-0.1, -0.05) is 36.4 Å². The van der Waals surface area contributed by atoms with Crippen molar-refractivity contribution in [1.29, 1.82) is 0 Å². The monoisotopic (exact) mass is 447 g/mol. The van der Waals surface area contributed by atoms with E-state index in [0.29, 0.717) is 18.9 Å². The smallest absolute Gasteiger partial charge is 0.191 e. The lowest BCUT2D eigenvalue weighted by Crippen LogP contribution is -2.14. The summed E-state index contributed by atoms with van der Waals surface area (Å²) in [5.74, 6) is 3.09. The van der Waals surface area contributed by atoms with Gasteiger partial charge in [0.05, 0.1) is 23.4 Å². The molecule has 9 heteroatoms. The molecule has 0 atom stereocenters. The number of aromatic amines is 1. The molecule has 5 rings (SSSR count). The van der Waals surface area contributed by atoms with Crippen LogP contribution in [0.25, 0.3) is 32.0 Å². The van der Waals surface area contributed by atoms with Gasteiger partial charge in [-0.3, -0.25) is 5.10 Å². The zero-order chi connectivity index (χ0) is 21.2. The Morgan fingerprint density at radius 1 is 1.00 bits per heavy atom.